The molecule has 0 saturated heterocycles. The second kappa shape index (κ2) is 6.51. The highest BCUT2D eigenvalue weighted by atomic mass is 35.5. The lowest BCUT2D eigenvalue weighted by atomic mass is 9.77. The second-order valence-electron chi connectivity index (χ2n) is 6.48. The lowest BCUT2D eigenvalue weighted by Crippen LogP contribution is -2.44. The van der Waals surface area contributed by atoms with Crippen LogP contribution < -0.4 is 11.3 Å². The summed E-state index contributed by atoms with van der Waals surface area (Å²) in [6.45, 7) is 4.43. The molecule has 1 aliphatic rings. The number of aromatic nitrogens is 4. The molecule has 134 valence electrons. The van der Waals surface area contributed by atoms with Gasteiger partial charge >= 0.3 is 0 Å². The topological polar surface area (TPSA) is 99.8 Å². The number of nitrogens with two attached hydrogens (primary N) is 1. The minimum absolute atomic E-state index is 0. The fourth-order valence-electron chi connectivity index (χ4n) is 2.99. The van der Waals surface area contributed by atoms with E-state index in [1.54, 1.807) is 22.2 Å². The number of nitrogens with zero attached hydrogens (tertiary/aromatic N) is 4. The zero-order valence-corrected chi connectivity index (χ0v) is 15.7. The van der Waals surface area contributed by atoms with Crippen LogP contribution in [0.25, 0.3) is 10.2 Å². The van der Waals surface area contributed by atoms with Crippen LogP contribution in [-0.2, 0) is 18.5 Å². The van der Waals surface area contributed by atoms with Gasteiger partial charge in [-0.05, 0) is 38.7 Å². The zero-order chi connectivity index (χ0) is 16.9. The van der Waals surface area contributed by atoms with Crippen molar-refractivity contribution < 1.29 is 4.52 Å². The Kier molecular flexibility index (Phi) is 4.70. The largest absolute Gasteiger partial charge is 0.339 e. The highest BCUT2D eigenvalue weighted by molar-refractivity contribution is 7.18. The van der Waals surface area contributed by atoms with Crippen molar-refractivity contribution in [3.05, 3.63) is 38.8 Å². The number of halogens is 1. The zero-order valence-electron chi connectivity index (χ0n) is 14.1. The van der Waals surface area contributed by atoms with Crippen molar-refractivity contribution in [3.8, 4) is 0 Å². The third-order valence-electron chi connectivity index (χ3n) is 4.88. The SMILES string of the molecule is Cc1sc2ncn(CCc3nc(C4(N)CCC4)no3)c(=O)c2c1C.Cl. The maximum Gasteiger partial charge on any atom is 0.262 e. The molecule has 4 rings (SSSR count). The third kappa shape index (κ3) is 2.98. The quantitative estimate of drug-likeness (QED) is 0.745. The van der Waals surface area contributed by atoms with Gasteiger partial charge in [-0.25, -0.2) is 4.98 Å². The fourth-order valence-corrected chi connectivity index (χ4v) is 3.97. The van der Waals surface area contributed by atoms with E-state index in [1.165, 1.54) is 0 Å². The summed E-state index contributed by atoms with van der Waals surface area (Å²) in [4.78, 5) is 23.4. The number of hydrogen-bond donors (Lipinski definition) is 1. The summed E-state index contributed by atoms with van der Waals surface area (Å²) in [6, 6.07) is 0. The van der Waals surface area contributed by atoms with Crippen LogP contribution in [0.4, 0.5) is 0 Å². The maximum atomic E-state index is 12.6. The van der Waals surface area contributed by atoms with Crippen molar-refractivity contribution >= 4 is 34.0 Å². The second-order valence-corrected chi connectivity index (χ2v) is 7.68. The van der Waals surface area contributed by atoms with Gasteiger partial charge in [0.2, 0.25) is 5.89 Å². The van der Waals surface area contributed by atoms with Crippen molar-refractivity contribution in [2.24, 2.45) is 5.73 Å². The van der Waals surface area contributed by atoms with Gasteiger partial charge in [-0.3, -0.25) is 9.36 Å². The van der Waals surface area contributed by atoms with Gasteiger partial charge in [-0.2, -0.15) is 4.98 Å². The minimum atomic E-state index is -0.426. The van der Waals surface area contributed by atoms with E-state index in [0.717, 1.165) is 34.5 Å². The lowest BCUT2D eigenvalue weighted by Gasteiger charge is -2.34. The molecule has 0 radical (unpaired) electrons. The Morgan fingerprint density at radius 3 is 2.84 bits per heavy atom. The summed E-state index contributed by atoms with van der Waals surface area (Å²) in [5.41, 5.74) is 6.77. The van der Waals surface area contributed by atoms with E-state index >= 15 is 0 Å². The standard InChI is InChI=1S/C16H19N5O2S.ClH/c1-9-10(2)24-13-12(9)14(22)21(8-18-13)7-4-11-19-15(20-23-11)16(17)5-3-6-16;/h8H,3-7,17H2,1-2H3;1H. The van der Waals surface area contributed by atoms with Crippen molar-refractivity contribution in [1.29, 1.82) is 0 Å². The van der Waals surface area contributed by atoms with Crippen molar-refractivity contribution in [2.75, 3.05) is 0 Å². The monoisotopic (exact) mass is 381 g/mol. The van der Waals surface area contributed by atoms with Crippen LogP contribution in [-0.4, -0.2) is 19.7 Å². The molecule has 1 saturated carbocycles. The van der Waals surface area contributed by atoms with E-state index in [-0.39, 0.29) is 18.0 Å². The Balaban J connectivity index is 0.00000182. The van der Waals surface area contributed by atoms with E-state index in [0.29, 0.717) is 30.1 Å². The number of fused-ring (bicyclic) bond motifs is 1. The maximum absolute atomic E-state index is 12.6. The van der Waals surface area contributed by atoms with Crippen molar-refractivity contribution in [2.45, 2.75) is 51.6 Å². The van der Waals surface area contributed by atoms with Crippen LogP contribution in [0.5, 0.6) is 0 Å². The van der Waals surface area contributed by atoms with Gasteiger partial charge in [0.15, 0.2) is 5.82 Å². The van der Waals surface area contributed by atoms with Crippen LogP contribution in [0.3, 0.4) is 0 Å². The molecule has 9 heteroatoms. The van der Waals surface area contributed by atoms with Gasteiger partial charge < -0.3 is 10.3 Å². The summed E-state index contributed by atoms with van der Waals surface area (Å²) >= 11 is 1.55. The van der Waals surface area contributed by atoms with Crippen molar-refractivity contribution in [3.63, 3.8) is 0 Å². The van der Waals surface area contributed by atoms with Crippen LogP contribution in [0.15, 0.2) is 15.6 Å². The molecule has 0 aromatic carbocycles. The number of thiophene rings is 1. The molecule has 0 amide bonds. The van der Waals surface area contributed by atoms with Crippen molar-refractivity contribution in [1.82, 2.24) is 19.7 Å². The molecule has 7 nitrogen and oxygen atoms in total. The van der Waals surface area contributed by atoms with Crippen LogP contribution >= 0.6 is 23.7 Å². The first-order valence-corrected chi connectivity index (χ1v) is 8.87. The molecule has 1 aliphatic carbocycles. The third-order valence-corrected chi connectivity index (χ3v) is 6.00. The molecule has 0 aliphatic heterocycles. The number of hydrogen-bond acceptors (Lipinski definition) is 7. The smallest absolute Gasteiger partial charge is 0.262 e. The van der Waals surface area contributed by atoms with E-state index < -0.39 is 5.54 Å². The van der Waals surface area contributed by atoms with E-state index in [4.69, 9.17) is 10.3 Å². The molecule has 3 heterocycles. The Morgan fingerprint density at radius 1 is 1.40 bits per heavy atom. The van der Waals surface area contributed by atoms with Gasteiger partial charge in [-0.15, -0.1) is 23.7 Å². The molecule has 0 atom stereocenters. The highest BCUT2D eigenvalue weighted by Crippen LogP contribution is 2.36. The number of aryl methyl sites for hydroxylation is 4. The average molecular weight is 382 g/mol. The van der Waals surface area contributed by atoms with E-state index in [2.05, 4.69) is 15.1 Å². The van der Waals surface area contributed by atoms with Gasteiger partial charge in [0.1, 0.15) is 4.83 Å². The molecule has 1 fully saturated rings. The summed E-state index contributed by atoms with van der Waals surface area (Å²) < 4.78 is 6.89. The van der Waals surface area contributed by atoms with Gasteiger partial charge in [-0.1, -0.05) is 5.16 Å². The fraction of sp³-hybridized carbons (Fsp3) is 0.500. The van der Waals surface area contributed by atoms with Gasteiger partial charge in [0, 0.05) is 17.8 Å². The van der Waals surface area contributed by atoms with Crippen LogP contribution in [0, 0.1) is 13.8 Å². The van der Waals surface area contributed by atoms with Gasteiger partial charge in [0.05, 0.1) is 17.3 Å². The lowest BCUT2D eigenvalue weighted by molar-refractivity contribution is 0.229. The predicted molar refractivity (Wildman–Crippen MR) is 98.3 cm³/mol. The molecule has 2 N–H and O–H groups in total. The molecule has 3 aromatic rings. The Hall–Kier alpha value is -1.77. The molecular formula is C16H20ClN5O2S. The molecule has 0 bridgehead atoms. The molecule has 0 unspecified atom stereocenters. The van der Waals surface area contributed by atoms with Gasteiger partial charge in [0.25, 0.3) is 5.56 Å². The molecular weight excluding hydrogens is 362 g/mol. The highest BCUT2D eigenvalue weighted by Gasteiger charge is 2.38. The predicted octanol–water partition coefficient (Wildman–Crippen LogP) is 2.46. The van der Waals surface area contributed by atoms with E-state index in [9.17, 15) is 4.79 Å². The minimum Gasteiger partial charge on any atom is -0.339 e. The first-order valence-electron chi connectivity index (χ1n) is 8.05. The Morgan fingerprint density at radius 2 is 2.16 bits per heavy atom. The molecule has 25 heavy (non-hydrogen) atoms. The number of rotatable bonds is 4. The Labute approximate surface area is 154 Å². The van der Waals surface area contributed by atoms with Crippen LogP contribution in [0.2, 0.25) is 0 Å². The summed E-state index contributed by atoms with van der Waals surface area (Å²) in [5.74, 6) is 1.08. The summed E-state index contributed by atoms with van der Waals surface area (Å²) in [6.07, 6.45) is 4.96. The van der Waals surface area contributed by atoms with Crippen LogP contribution in [0.1, 0.15) is 41.4 Å². The molecule has 3 aromatic heterocycles. The van der Waals surface area contributed by atoms with E-state index in [1.807, 2.05) is 13.8 Å². The first kappa shape index (κ1) is 18.0. The summed E-state index contributed by atoms with van der Waals surface area (Å²) in [5, 5.41) is 4.71. The normalized spacial score (nSPS) is 15.8. The molecule has 0 spiro atoms. The average Bonchev–Trinajstić information content (AvgIpc) is 3.11. The Bertz CT molecular complexity index is 973. The summed E-state index contributed by atoms with van der Waals surface area (Å²) in [7, 11) is 0. The first-order chi connectivity index (χ1) is 11.5.